The molecule has 0 bridgehead atoms. The van der Waals surface area contributed by atoms with E-state index in [0.29, 0.717) is 0 Å². The van der Waals surface area contributed by atoms with Gasteiger partial charge in [0.2, 0.25) is 17.7 Å². The summed E-state index contributed by atoms with van der Waals surface area (Å²) in [6.45, 7) is 1.28. The summed E-state index contributed by atoms with van der Waals surface area (Å²) in [6, 6.07) is 11.7. The van der Waals surface area contributed by atoms with Gasteiger partial charge in [-0.15, -0.1) is 0 Å². The second-order valence-corrected chi connectivity index (χ2v) is 9.60. The summed E-state index contributed by atoms with van der Waals surface area (Å²) in [4.78, 5) is 53.7. The summed E-state index contributed by atoms with van der Waals surface area (Å²) in [6.07, 6.45) is 0.660. The van der Waals surface area contributed by atoms with Crippen LogP contribution in [0.2, 0.25) is 0 Å². The van der Waals surface area contributed by atoms with E-state index in [4.69, 9.17) is 5.73 Å². The standard InChI is InChI=1S/C27H33N5O6S/c1-15(33)23(26(36)31-22(14-39)27(37)38)32-25(35)21(12-17-13-29-20-10-6-5-9-18(17)20)30-24(34)19(28)11-16-7-3-2-4-8-16/h2-10,13,15,19,21-23,29,33,39H,11-12,14,28H2,1H3,(H,30,34)(H,31,36)(H,32,35)(H,37,38). The number of carboxylic acids is 1. The molecule has 1 heterocycles. The lowest BCUT2D eigenvalue weighted by atomic mass is 10.0. The molecule has 3 amide bonds. The summed E-state index contributed by atoms with van der Waals surface area (Å²) in [5.41, 5.74) is 8.57. The Morgan fingerprint density at radius 1 is 0.897 bits per heavy atom. The van der Waals surface area contributed by atoms with Crippen LogP contribution >= 0.6 is 12.6 Å². The number of thiol groups is 1. The maximum Gasteiger partial charge on any atom is 0.327 e. The van der Waals surface area contributed by atoms with Crippen LogP contribution in [0.3, 0.4) is 0 Å². The molecule has 11 nitrogen and oxygen atoms in total. The number of carbonyl (C=O) groups excluding carboxylic acids is 3. The zero-order valence-electron chi connectivity index (χ0n) is 21.3. The van der Waals surface area contributed by atoms with Crippen LogP contribution in [0.15, 0.2) is 60.8 Å². The average molecular weight is 556 g/mol. The number of aromatic amines is 1. The molecule has 0 aliphatic heterocycles. The predicted molar refractivity (Wildman–Crippen MR) is 149 cm³/mol. The van der Waals surface area contributed by atoms with Crippen molar-refractivity contribution in [2.75, 3.05) is 5.75 Å². The molecule has 0 fully saturated rings. The van der Waals surface area contributed by atoms with Crippen molar-refractivity contribution in [2.45, 2.75) is 50.0 Å². The van der Waals surface area contributed by atoms with E-state index in [1.54, 1.807) is 6.20 Å². The number of hydrogen-bond acceptors (Lipinski definition) is 7. The number of aliphatic carboxylic acids is 1. The molecule has 0 saturated heterocycles. The number of H-pyrrole nitrogens is 1. The first kappa shape index (κ1) is 29.7. The zero-order valence-corrected chi connectivity index (χ0v) is 22.2. The lowest BCUT2D eigenvalue weighted by Gasteiger charge is -2.26. The molecule has 208 valence electrons. The summed E-state index contributed by atoms with van der Waals surface area (Å²) in [5.74, 6) is -3.74. The molecule has 3 aromatic rings. The number of fused-ring (bicyclic) bond motifs is 1. The van der Waals surface area contributed by atoms with Crippen LogP contribution in [0.1, 0.15) is 18.1 Å². The Morgan fingerprint density at radius 2 is 1.54 bits per heavy atom. The monoisotopic (exact) mass is 555 g/mol. The Hall–Kier alpha value is -3.87. The molecule has 8 N–H and O–H groups in total. The van der Waals surface area contributed by atoms with Crippen LogP contribution in [0.25, 0.3) is 10.9 Å². The minimum Gasteiger partial charge on any atom is -0.480 e. The number of rotatable bonds is 13. The predicted octanol–water partition coefficient (Wildman–Crippen LogP) is 0.130. The van der Waals surface area contributed by atoms with Crippen molar-refractivity contribution in [3.8, 4) is 0 Å². The van der Waals surface area contributed by atoms with Crippen molar-refractivity contribution in [1.82, 2.24) is 20.9 Å². The SMILES string of the molecule is CC(O)C(NC(=O)C(Cc1c[nH]c2ccccc12)NC(=O)C(N)Cc1ccccc1)C(=O)NC(CS)C(=O)O. The van der Waals surface area contributed by atoms with Crippen LogP contribution < -0.4 is 21.7 Å². The molecule has 3 rings (SSSR count). The highest BCUT2D eigenvalue weighted by Gasteiger charge is 2.33. The van der Waals surface area contributed by atoms with Gasteiger partial charge in [0.25, 0.3) is 0 Å². The summed E-state index contributed by atoms with van der Waals surface area (Å²) in [7, 11) is 0. The smallest absolute Gasteiger partial charge is 0.327 e. The number of aromatic nitrogens is 1. The van der Waals surface area contributed by atoms with Crippen LogP contribution in [-0.4, -0.2) is 74.9 Å². The topological polar surface area (TPSA) is 187 Å². The quantitative estimate of drug-likeness (QED) is 0.138. The van der Waals surface area contributed by atoms with Crippen LogP contribution in [0, 0.1) is 0 Å². The lowest BCUT2D eigenvalue weighted by Crippen LogP contribution is -2.60. The van der Waals surface area contributed by atoms with Gasteiger partial charge >= 0.3 is 5.97 Å². The third-order valence-electron chi connectivity index (χ3n) is 6.23. The van der Waals surface area contributed by atoms with Crippen molar-refractivity contribution >= 4 is 47.2 Å². The number of para-hydroxylation sites is 1. The molecular formula is C27H33N5O6S. The first-order valence-corrected chi connectivity index (χ1v) is 13.0. The van der Waals surface area contributed by atoms with Gasteiger partial charge in [-0.25, -0.2) is 4.79 Å². The fourth-order valence-electron chi connectivity index (χ4n) is 4.08. The molecule has 0 aliphatic rings. The largest absolute Gasteiger partial charge is 0.480 e. The van der Waals surface area contributed by atoms with Crippen molar-refractivity contribution in [3.63, 3.8) is 0 Å². The normalized spacial score (nSPS) is 15.0. The van der Waals surface area contributed by atoms with Gasteiger partial charge in [0.1, 0.15) is 18.1 Å². The van der Waals surface area contributed by atoms with Gasteiger partial charge in [-0.1, -0.05) is 48.5 Å². The molecule has 0 radical (unpaired) electrons. The van der Waals surface area contributed by atoms with Crippen LogP contribution in [0.4, 0.5) is 0 Å². The number of carbonyl (C=O) groups is 4. The van der Waals surface area contributed by atoms with E-state index in [9.17, 15) is 29.4 Å². The Balaban J connectivity index is 1.81. The third-order valence-corrected chi connectivity index (χ3v) is 6.59. The Labute approximate surface area is 231 Å². The highest BCUT2D eigenvalue weighted by atomic mass is 32.1. The summed E-state index contributed by atoms with van der Waals surface area (Å²) >= 11 is 3.92. The van der Waals surface area contributed by atoms with Gasteiger partial charge in [-0.2, -0.15) is 12.6 Å². The summed E-state index contributed by atoms with van der Waals surface area (Å²) in [5, 5.41) is 27.7. The fourth-order valence-corrected chi connectivity index (χ4v) is 4.32. The van der Waals surface area contributed by atoms with E-state index in [0.717, 1.165) is 22.0 Å². The van der Waals surface area contributed by atoms with E-state index >= 15 is 0 Å². The minimum absolute atomic E-state index is 0.0577. The second kappa shape index (κ2) is 13.8. The van der Waals surface area contributed by atoms with Gasteiger partial charge in [0, 0.05) is 29.3 Å². The van der Waals surface area contributed by atoms with Gasteiger partial charge in [0.15, 0.2) is 0 Å². The molecule has 0 aliphatic carbocycles. The van der Waals surface area contributed by atoms with Crippen molar-refractivity contribution in [2.24, 2.45) is 5.73 Å². The van der Waals surface area contributed by atoms with Crippen molar-refractivity contribution < 1.29 is 29.4 Å². The minimum atomic E-state index is -1.49. The third kappa shape index (κ3) is 8.06. The molecule has 39 heavy (non-hydrogen) atoms. The van der Waals surface area contributed by atoms with E-state index in [-0.39, 0.29) is 18.6 Å². The van der Waals surface area contributed by atoms with Gasteiger partial charge in [-0.3, -0.25) is 14.4 Å². The molecule has 12 heteroatoms. The number of aliphatic hydroxyl groups excluding tert-OH is 1. The van der Waals surface area contributed by atoms with Gasteiger partial charge in [0.05, 0.1) is 12.1 Å². The lowest BCUT2D eigenvalue weighted by molar-refractivity contribution is -0.142. The molecular weight excluding hydrogens is 522 g/mol. The maximum atomic E-state index is 13.4. The Morgan fingerprint density at radius 3 is 2.18 bits per heavy atom. The van der Waals surface area contributed by atoms with Crippen molar-refractivity contribution in [3.05, 3.63) is 71.9 Å². The van der Waals surface area contributed by atoms with E-state index in [2.05, 4.69) is 33.6 Å². The fraction of sp³-hybridized carbons (Fsp3) is 0.333. The maximum absolute atomic E-state index is 13.4. The van der Waals surface area contributed by atoms with Crippen LogP contribution in [0.5, 0.6) is 0 Å². The number of nitrogens with one attached hydrogen (secondary N) is 4. The van der Waals surface area contributed by atoms with Crippen LogP contribution in [-0.2, 0) is 32.0 Å². The highest BCUT2D eigenvalue weighted by molar-refractivity contribution is 7.80. The molecule has 1 aromatic heterocycles. The molecule has 2 aromatic carbocycles. The number of aliphatic hydroxyl groups is 1. The Kier molecular flexibility index (Phi) is 10.5. The van der Waals surface area contributed by atoms with Gasteiger partial charge < -0.3 is 36.9 Å². The number of amides is 3. The van der Waals surface area contributed by atoms with E-state index in [1.807, 2.05) is 54.6 Å². The molecule has 0 saturated carbocycles. The van der Waals surface area contributed by atoms with Gasteiger partial charge in [-0.05, 0) is 30.5 Å². The number of hydrogen-bond donors (Lipinski definition) is 8. The van der Waals surface area contributed by atoms with E-state index < -0.39 is 54.0 Å². The number of nitrogens with two attached hydrogens (primary N) is 1. The first-order valence-electron chi connectivity index (χ1n) is 12.4. The molecule has 5 atom stereocenters. The average Bonchev–Trinajstić information content (AvgIpc) is 3.32. The second-order valence-electron chi connectivity index (χ2n) is 9.23. The molecule has 0 spiro atoms. The zero-order chi connectivity index (χ0) is 28.5. The first-order chi connectivity index (χ1) is 18.6. The Bertz CT molecular complexity index is 1300. The highest BCUT2D eigenvalue weighted by Crippen LogP contribution is 2.19. The van der Waals surface area contributed by atoms with Crippen molar-refractivity contribution in [1.29, 1.82) is 0 Å². The summed E-state index contributed by atoms with van der Waals surface area (Å²) < 4.78 is 0. The van der Waals surface area contributed by atoms with E-state index in [1.165, 1.54) is 6.92 Å². The number of benzene rings is 2. The number of carboxylic acid groups (broad SMARTS) is 1. The molecule has 5 unspecified atom stereocenters.